The molecule has 0 N–H and O–H groups in total. The molecule has 0 aromatic heterocycles. The minimum Gasteiger partial charge on any atom is -0.497 e. The fourth-order valence-corrected chi connectivity index (χ4v) is 0.899. The van der Waals surface area contributed by atoms with E-state index in [0.29, 0.717) is 11.5 Å². The standard InChI is InChI=1S/C11H10O3/c1-3-5-11(12)14-10-7-4-6-9(8-10)13-2/h4,6-8H,1-2H3. The second-order valence-corrected chi connectivity index (χ2v) is 2.44. The maximum atomic E-state index is 11.0. The SMILES string of the molecule is CC#CC(=O)Oc1cccc(OC)c1. The molecule has 0 aliphatic rings. The fourth-order valence-electron chi connectivity index (χ4n) is 0.899. The summed E-state index contributed by atoms with van der Waals surface area (Å²) in [5.74, 6) is 5.24. The lowest BCUT2D eigenvalue weighted by Crippen LogP contribution is -2.04. The van der Waals surface area contributed by atoms with E-state index in [1.807, 2.05) is 0 Å². The average molecular weight is 190 g/mol. The van der Waals surface area contributed by atoms with Crippen LogP contribution in [0.5, 0.6) is 11.5 Å². The molecule has 0 fully saturated rings. The molecular weight excluding hydrogens is 180 g/mol. The highest BCUT2D eigenvalue weighted by Crippen LogP contribution is 2.18. The monoisotopic (exact) mass is 190 g/mol. The molecule has 1 aromatic rings. The van der Waals surface area contributed by atoms with Crippen molar-refractivity contribution >= 4 is 5.97 Å². The second kappa shape index (κ2) is 4.93. The van der Waals surface area contributed by atoms with E-state index in [1.165, 1.54) is 0 Å². The number of methoxy groups -OCH3 is 1. The third-order valence-electron chi connectivity index (χ3n) is 1.48. The molecule has 3 nitrogen and oxygen atoms in total. The highest BCUT2D eigenvalue weighted by atomic mass is 16.5. The molecule has 0 bridgehead atoms. The van der Waals surface area contributed by atoms with Crippen LogP contribution in [0.15, 0.2) is 24.3 Å². The van der Waals surface area contributed by atoms with Gasteiger partial charge < -0.3 is 9.47 Å². The lowest BCUT2D eigenvalue weighted by molar-refractivity contribution is -0.128. The summed E-state index contributed by atoms with van der Waals surface area (Å²) in [5.41, 5.74) is 0. The van der Waals surface area contributed by atoms with Crippen LogP contribution in [0.2, 0.25) is 0 Å². The molecule has 0 unspecified atom stereocenters. The molecule has 72 valence electrons. The molecule has 0 radical (unpaired) electrons. The average Bonchev–Trinajstić information content (AvgIpc) is 2.18. The number of carbonyl (C=O) groups is 1. The first-order valence-corrected chi connectivity index (χ1v) is 4.05. The van der Waals surface area contributed by atoms with Crippen molar-refractivity contribution < 1.29 is 14.3 Å². The summed E-state index contributed by atoms with van der Waals surface area (Å²) in [7, 11) is 1.55. The van der Waals surface area contributed by atoms with Crippen molar-refractivity contribution in [3.8, 4) is 23.3 Å². The Hall–Kier alpha value is -1.95. The summed E-state index contributed by atoms with van der Waals surface area (Å²) in [5, 5.41) is 0. The Morgan fingerprint density at radius 2 is 2.07 bits per heavy atom. The molecular formula is C11H10O3. The maximum Gasteiger partial charge on any atom is 0.389 e. The van der Waals surface area contributed by atoms with Crippen LogP contribution in [0.4, 0.5) is 0 Å². The lowest BCUT2D eigenvalue weighted by Gasteiger charge is -2.02. The molecule has 3 heteroatoms. The van der Waals surface area contributed by atoms with Gasteiger partial charge in [-0.3, -0.25) is 0 Å². The number of hydrogen-bond acceptors (Lipinski definition) is 3. The van der Waals surface area contributed by atoms with Crippen molar-refractivity contribution in [2.45, 2.75) is 6.92 Å². The van der Waals surface area contributed by atoms with E-state index >= 15 is 0 Å². The van der Waals surface area contributed by atoms with Gasteiger partial charge in [-0.1, -0.05) is 12.0 Å². The quantitative estimate of drug-likeness (QED) is 0.308. The van der Waals surface area contributed by atoms with Crippen molar-refractivity contribution in [1.82, 2.24) is 0 Å². The summed E-state index contributed by atoms with van der Waals surface area (Å²) in [6.45, 7) is 1.58. The normalized spacial score (nSPS) is 8.43. The summed E-state index contributed by atoms with van der Waals surface area (Å²) in [6, 6.07) is 6.79. The molecule has 14 heavy (non-hydrogen) atoms. The predicted molar refractivity (Wildman–Crippen MR) is 52.1 cm³/mol. The van der Waals surface area contributed by atoms with Crippen molar-refractivity contribution in [3.63, 3.8) is 0 Å². The Kier molecular flexibility index (Phi) is 3.57. The number of benzene rings is 1. The zero-order valence-corrected chi connectivity index (χ0v) is 8.03. The van der Waals surface area contributed by atoms with Crippen molar-refractivity contribution in [1.29, 1.82) is 0 Å². The van der Waals surface area contributed by atoms with Gasteiger partial charge in [0.2, 0.25) is 0 Å². The summed E-state index contributed by atoms with van der Waals surface area (Å²) in [6.07, 6.45) is 0. The van der Waals surface area contributed by atoms with Gasteiger partial charge >= 0.3 is 5.97 Å². The number of hydrogen-bond donors (Lipinski definition) is 0. The Morgan fingerprint density at radius 1 is 1.36 bits per heavy atom. The third kappa shape index (κ3) is 2.83. The van der Waals surface area contributed by atoms with Crippen molar-refractivity contribution in [3.05, 3.63) is 24.3 Å². The van der Waals surface area contributed by atoms with Gasteiger partial charge in [-0.25, -0.2) is 4.79 Å². The third-order valence-corrected chi connectivity index (χ3v) is 1.48. The molecule has 0 heterocycles. The minimum atomic E-state index is -0.569. The molecule has 0 saturated heterocycles. The van der Waals surface area contributed by atoms with Gasteiger partial charge in [-0.05, 0) is 19.1 Å². The number of ether oxygens (including phenoxy) is 2. The molecule has 0 aliphatic heterocycles. The second-order valence-electron chi connectivity index (χ2n) is 2.44. The summed E-state index contributed by atoms with van der Waals surface area (Å²) >= 11 is 0. The highest BCUT2D eigenvalue weighted by molar-refractivity contribution is 5.90. The van der Waals surface area contributed by atoms with Gasteiger partial charge in [0.15, 0.2) is 0 Å². The zero-order chi connectivity index (χ0) is 10.4. The van der Waals surface area contributed by atoms with Gasteiger partial charge in [-0.15, -0.1) is 0 Å². The van der Waals surface area contributed by atoms with Gasteiger partial charge in [0.05, 0.1) is 7.11 Å². The number of esters is 1. The Morgan fingerprint density at radius 3 is 2.71 bits per heavy atom. The molecule has 0 amide bonds. The Labute approximate surface area is 82.6 Å². The van der Waals surface area contributed by atoms with Crippen LogP contribution in [0.3, 0.4) is 0 Å². The van der Waals surface area contributed by atoms with Crippen LogP contribution in [0.25, 0.3) is 0 Å². The summed E-state index contributed by atoms with van der Waals surface area (Å²) in [4.78, 5) is 11.0. The van der Waals surface area contributed by atoms with Crippen molar-refractivity contribution in [2.24, 2.45) is 0 Å². The van der Waals surface area contributed by atoms with E-state index in [-0.39, 0.29) is 0 Å². The molecule has 1 rings (SSSR count). The first kappa shape index (κ1) is 10.1. The van der Waals surface area contributed by atoms with E-state index in [2.05, 4.69) is 11.8 Å². The van der Waals surface area contributed by atoms with Crippen LogP contribution >= 0.6 is 0 Å². The van der Waals surface area contributed by atoms with E-state index in [1.54, 1.807) is 38.3 Å². The fraction of sp³-hybridized carbons (Fsp3) is 0.182. The van der Waals surface area contributed by atoms with E-state index in [4.69, 9.17) is 9.47 Å². The molecule has 0 atom stereocenters. The topological polar surface area (TPSA) is 35.5 Å². The van der Waals surface area contributed by atoms with Crippen LogP contribution in [0, 0.1) is 11.8 Å². The Bertz CT molecular complexity index is 385. The van der Waals surface area contributed by atoms with Gasteiger partial charge in [0.25, 0.3) is 0 Å². The maximum absolute atomic E-state index is 11.0. The van der Waals surface area contributed by atoms with Crippen molar-refractivity contribution in [2.75, 3.05) is 7.11 Å². The predicted octanol–water partition coefficient (Wildman–Crippen LogP) is 1.62. The minimum absolute atomic E-state index is 0.428. The summed E-state index contributed by atoms with van der Waals surface area (Å²) < 4.78 is 9.87. The van der Waals surface area contributed by atoms with Crippen LogP contribution in [0.1, 0.15) is 6.92 Å². The number of carbonyl (C=O) groups excluding carboxylic acids is 1. The molecule has 0 spiro atoms. The molecule has 0 saturated carbocycles. The smallest absolute Gasteiger partial charge is 0.389 e. The van der Waals surface area contributed by atoms with E-state index < -0.39 is 5.97 Å². The largest absolute Gasteiger partial charge is 0.497 e. The first-order valence-electron chi connectivity index (χ1n) is 4.05. The van der Waals surface area contributed by atoms with Gasteiger partial charge in [0.1, 0.15) is 11.5 Å². The van der Waals surface area contributed by atoms with Gasteiger partial charge in [-0.2, -0.15) is 0 Å². The molecule has 0 aliphatic carbocycles. The van der Waals surface area contributed by atoms with Crippen LogP contribution in [-0.2, 0) is 4.79 Å². The Balaban J connectivity index is 2.75. The van der Waals surface area contributed by atoms with Crippen LogP contribution < -0.4 is 9.47 Å². The van der Waals surface area contributed by atoms with E-state index in [0.717, 1.165) is 0 Å². The highest BCUT2D eigenvalue weighted by Gasteiger charge is 2.01. The number of rotatable bonds is 2. The molecule has 1 aromatic carbocycles. The van der Waals surface area contributed by atoms with Crippen LogP contribution in [-0.4, -0.2) is 13.1 Å². The van der Waals surface area contributed by atoms with E-state index in [9.17, 15) is 4.79 Å². The zero-order valence-electron chi connectivity index (χ0n) is 8.03. The lowest BCUT2D eigenvalue weighted by atomic mass is 10.3. The first-order chi connectivity index (χ1) is 6.76. The van der Waals surface area contributed by atoms with Gasteiger partial charge in [0, 0.05) is 12.0 Å².